The molecule has 1 aliphatic heterocycles. The lowest BCUT2D eigenvalue weighted by Crippen LogP contribution is -2.62. The highest BCUT2D eigenvalue weighted by Gasteiger charge is 2.42. The van der Waals surface area contributed by atoms with Gasteiger partial charge in [0.1, 0.15) is 78.3 Å². The molecule has 0 saturated carbocycles. The topological polar surface area (TPSA) is 548 Å². The number of hydrogen-bond donors (Lipinski definition) is 19. The van der Waals surface area contributed by atoms with E-state index < -0.39 is 185 Å². The Morgan fingerprint density at radius 2 is 0.788 bits per heavy atom. The number of hydrogen-bond acceptors (Lipinski definition) is 20. The summed E-state index contributed by atoms with van der Waals surface area (Å²) in [6.45, 7) is 20.6. The molecule has 14 atom stereocenters. The molecule has 24 N–H and O–H groups in total. The van der Waals surface area contributed by atoms with Gasteiger partial charge >= 0.3 is 5.97 Å². The van der Waals surface area contributed by atoms with Crippen molar-refractivity contribution in [2.75, 3.05) is 32.7 Å². The summed E-state index contributed by atoms with van der Waals surface area (Å²) in [6.07, 6.45) is 3.40. The number of likely N-dealkylation sites (tertiary alicyclic amines) is 1. The number of nitrogens with zero attached hydrogens (tertiary/aromatic N) is 1. The van der Waals surface area contributed by atoms with E-state index in [4.69, 9.17) is 28.7 Å². The van der Waals surface area contributed by atoms with E-state index in [-0.39, 0.29) is 63.3 Å². The average Bonchev–Trinajstić information content (AvgIpc) is 1.42. The molecule has 33 nitrogen and oxygen atoms in total. The van der Waals surface area contributed by atoms with E-state index in [1.54, 1.807) is 69.2 Å². The number of benzene rings is 1. The lowest BCUT2D eigenvalue weighted by atomic mass is 9.98. The fraction of sp³-hybridized carbons (Fsp3) is 0.732. The third-order valence-corrected chi connectivity index (χ3v) is 18.0. The summed E-state index contributed by atoms with van der Waals surface area (Å²) in [6, 6.07) is -10.9. The van der Waals surface area contributed by atoms with Crippen molar-refractivity contribution < 1.29 is 77.6 Å². The van der Waals surface area contributed by atoms with Crippen LogP contribution in [0.15, 0.2) is 24.3 Å². The average molecular weight is 1470 g/mol. The molecular weight excluding hydrogens is 1350 g/mol. The van der Waals surface area contributed by atoms with E-state index in [0.29, 0.717) is 89.4 Å². The van der Waals surface area contributed by atoms with Crippen LogP contribution in [0.1, 0.15) is 185 Å². The van der Waals surface area contributed by atoms with Crippen LogP contribution in [0.3, 0.4) is 0 Å². The molecule has 590 valence electrons. The number of carbonyl (C=O) groups excluding carboxylic acids is 12. The minimum absolute atomic E-state index is 0.0328. The number of unbranched alkanes of at least 4 members (excludes halogenated alkanes) is 4. The van der Waals surface area contributed by atoms with Gasteiger partial charge in [-0.3, -0.25) is 57.5 Å². The first kappa shape index (κ1) is 92.0. The lowest BCUT2D eigenvalue weighted by molar-refractivity contribution is -0.143. The minimum Gasteiger partial charge on any atom is -0.508 e. The Bertz CT molecular complexity index is 2940. The smallest absolute Gasteiger partial charge is 0.326 e. The van der Waals surface area contributed by atoms with E-state index >= 15 is 0 Å². The first-order valence-corrected chi connectivity index (χ1v) is 36.8. The van der Waals surface area contributed by atoms with Gasteiger partial charge in [0.05, 0.1) is 12.1 Å². The highest BCUT2D eigenvalue weighted by atomic mass is 16.4. The van der Waals surface area contributed by atoms with E-state index in [9.17, 15) is 77.6 Å². The number of nitrogens with two attached hydrogens (primary N) is 5. The van der Waals surface area contributed by atoms with E-state index in [2.05, 4.69) is 58.5 Å². The third-order valence-electron chi connectivity index (χ3n) is 18.0. The van der Waals surface area contributed by atoms with E-state index in [1.165, 1.54) is 43.0 Å². The van der Waals surface area contributed by atoms with Crippen LogP contribution in [0, 0.1) is 29.6 Å². The number of carboxylic acid groups (broad SMARTS) is 1. The molecule has 1 heterocycles. The summed E-state index contributed by atoms with van der Waals surface area (Å²) in [7, 11) is 0. The Labute approximate surface area is 612 Å². The summed E-state index contributed by atoms with van der Waals surface area (Å²) in [5, 5.41) is 60.2. The van der Waals surface area contributed by atoms with Crippen LogP contribution in [0.4, 0.5) is 0 Å². The van der Waals surface area contributed by atoms with Gasteiger partial charge in [-0.2, -0.15) is 0 Å². The van der Waals surface area contributed by atoms with Crippen LogP contribution in [-0.2, 0) is 68.7 Å². The van der Waals surface area contributed by atoms with Gasteiger partial charge in [0.2, 0.25) is 70.9 Å². The van der Waals surface area contributed by atoms with Gasteiger partial charge in [0, 0.05) is 13.0 Å². The van der Waals surface area contributed by atoms with Gasteiger partial charge in [-0.15, -0.1) is 0 Å². The molecule has 0 aliphatic carbocycles. The molecule has 0 radical (unpaired) electrons. The molecule has 1 aromatic rings. The van der Waals surface area contributed by atoms with Crippen LogP contribution in [0.2, 0.25) is 0 Å². The van der Waals surface area contributed by atoms with Crippen LogP contribution in [-0.4, -0.2) is 214 Å². The maximum Gasteiger partial charge on any atom is 0.326 e. The molecule has 1 saturated heterocycles. The van der Waals surface area contributed by atoms with Crippen molar-refractivity contribution in [2.45, 2.75) is 270 Å². The number of rotatable bonds is 49. The second kappa shape index (κ2) is 47.4. The standard InChI is InChI=1S/C71H125N17O16/c1-38(2)36-51(63(95)86-57(42(9)10)71(103)104)81-67(99)55(40(5)6)84-64(96)52(37-45-27-29-46(90)30-28-45)82-69(101)58(44(12)89)87-65(97)53-26-21-35-88(53)70(102)43(11)77-66(98)54(39(3)4)85-68(100)56(41(7)8)83-62(94)50(25-16-20-34-75)80-61(93)49(24-15-19-33-74)79-60(92)48(23-14-18-32-73)78-59(91)47(76)22-13-17-31-72/h27-30,38-44,47-58,89-90H,13-26,31-37,72-76H2,1-12H3,(H,77,98)(H,78,91)(H,79,92)(H,80,93)(H,81,99)(H,82,101)(H,83,94)(H,84,96)(H,85,100)(H,86,95)(H,87,97)(H,103,104)/t43-,44+,47-,48-,49-,50-,51-,52-,53-,54-,55-,56-,57-,58-/m0/s1. The van der Waals surface area contributed by atoms with Crippen molar-refractivity contribution in [3.8, 4) is 5.75 Å². The first-order chi connectivity index (χ1) is 48.9. The number of carboxylic acids is 1. The Kier molecular flexibility index (Phi) is 41.9. The molecule has 0 spiro atoms. The molecule has 0 unspecified atom stereocenters. The summed E-state index contributed by atoms with van der Waals surface area (Å²) in [5.41, 5.74) is 29.6. The zero-order chi connectivity index (χ0) is 78.7. The Morgan fingerprint density at radius 3 is 1.21 bits per heavy atom. The molecular formula is C71H125N17O16. The molecule has 0 aromatic heterocycles. The SMILES string of the molecule is CC(C)C[C@H](NC(=O)[C@@H](NC(=O)[C@H](Cc1ccc(O)cc1)NC(=O)[C@@H](NC(=O)[C@@H]1CCCN1C(=O)[C@H](C)NC(=O)[C@@H](NC(=O)[C@@H](NC(=O)[C@H](CCCCN)NC(=O)[C@H](CCCCN)NC(=O)[C@H](CCCCN)NC(=O)[C@@H](N)CCCCN)C(C)C)C(C)C)[C@@H](C)O)C(C)C)C(=O)N[C@H](C(=O)O)C(C)C. The molecule has 1 fully saturated rings. The lowest BCUT2D eigenvalue weighted by Gasteiger charge is -2.31. The van der Waals surface area contributed by atoms with Crippen molar-refractivity contribution in [2.24, 2.45) is 58.3 Å². The maximum atomic E-state index is 14.4. The number of phenolic OH excluding ortho intramolecular Hbond substituents is 1. The van der Waals surface area contributed by atoms with Gasteiger partial charge < -0.3 is 107 Å². The highest BCUT2D eigenvalue weighted by Crippen LogP contribution is 2.21. The van der Waals surface area contributed by atoms with E-state index in [1.807, 2.05) is 0 Å². The predicted octanol–water partition coefficient (Wildman–Crippen LogP) is -1.74. The van der Waals surface area contributed by atoms with E-state index in [0.717, 1.165) is 0 Å². The number of aliphatic hydroxyl groups excluding tert-OH is 1. The highest BCUT2D eigenvalue weighted by molar-refractivity contribution is 6.00. The first-order valence-electron chi connectivity index (χ1n) is 36.8. The molecule has 2 rings (SSSR count). The van der Waals surface area contributed by atoms with Gasteiger partial charge in [-0.25, -0.2) is 4.79 Å². The molecule has 0 bridgehead atoms. The quantitative estimate of drug-likeness (QED) is 0.0322. The minimum atomic E-state index is -1.74. The third kappa shape index (κ3) is 31.7. The fourth-order valence-electron chi connectivity index (χ4n) is 11.7. The van der Waals surface area contributed by atoms with Gasteiger partial charge in [0.25, 0.3) is 0 Å². The molecule has 104 heavy (non-hydrogen) atoms. The van der Waals surface area contributed by atoms with Crippen LogP contribution < -0.4 is 87.2 Å². The van der Waals surface area contributed by atoms with Gasteiger partial charge in [-0.05, 0) is 177 Å². The predicted molar refractivity (Wildman–Crippen MR) is 391 cm³/mol. The monoisotopic (exact) mass is 1470 g/mol. The Morgan fingerprint density at radius 1 is 0.433 bits per heavy atom. The number of carbonyl (C=O) groups is 13. The number of nitrogens with one attached hydrogen (secondary N) is 11. The van der Waals surface area contributed by atoms with Crippen molar-refractivity contribution >= 4 is 76.9 Å². The summed E-state index contributed by atoms with van der Waals surface area (Å²) >= 11 is 0. The molecule has 12 amide bonds. The van der Waals surface area contributed by atoms with Crippen molar-refractivity contribution in [3.63, 3.8) is 0 Å². The summed E-state index contributed by atoms with van der Waals surface area (Å²) in [4.78, 5) is 183. The van der Waals surface area contributed by atoms with Gasteiger partial charge in [0.15, 0.2) is 0 Å². The zero-order valence-corrected chi connectivity index (χ0v) is 63.1. The normalized spacial score (nSPS) is 16.8. The second-order valence-corrected chi connectivity index (χ2v) is 29.0. The summed E-state index contributed by atoms with van der Waals surface area (Å²) in [5.74, 6) is -13.2. The molecule has 33 heteroatoms. The largest absolute Gasteiger partial charge is 0.508 e. The number of amides is 12. The van der Waals surface area contributed by atoms with Crippen LogP contribution in [0.25, 0.3) is 0 Å². The molecule has 1 aliphatic rings. The zero-order valence-electron chi connectivity index (χ0n) is 63.1. The van der Waals surface area contributed by atoms with Crippen molar-refractivity contribution in [1.82, 2.24) is 63.4 Å². The van der Waals surface area contributed by atoms with Crippen molar-refractivity contribution in [1.29, 1.82) is 0 Å². The van der Waals surface area contributed by atoms with Crippen LogP contribution in [0.5, 0.6) is 5.75 Å². The summed E-state index contributed by atoms with van der Waals surface area (Å²) < 4.78 is 0. The Hall–Kier alpha value is -8.11. The number of aliphatic carboxylic acids is 1. The fourth-order valence-corrected chi connectivity index (χ4v) is 11.7. The number of aromatic hydroxyl groups is 1. The number of phenols is 1. The Balaban J connectivity index is 2.37. The second-order valence-electron chi connectivity index (χ2n) is 29.0. The number of aliphatic hydroxyl groups is 1. The van der Waals surface area contributed by atoms with Gasteiger partial charge in [-0.1, -0.05) is 87.8 Å². The molecule has 1 aromatic carbocycles. The van der Waals surface area contributed by atoms with Crippen molar-refractivity contribution in [3.05, 3.63) is 29.8 Å². The van der Waals surface area contributed by atoms with Crippen LogP contribution >= 0.6 is 0 Å². The maximum absolute atomic E-state index is 14.4.